The summed E-state index contributed by atoms with van der Waals surface area (Å²) in [6, 6.07) is 9.20. The summed E-state index contributed by atoms with van der Waals surface area (Å²) >= 11 is 0. The summed E-state index contributed by atoms with van der Waals surface area (Å²) in [6.07, 6.45) is 0.647. The largest absolute Gasteiger partial charge is 0.467 e. The van der Waals surface area contributed by atoms with Crippen molar-refractivity contribution in [3.05, 3.63) is 35.9 Å². The van der Waals surface area contributed by atoms with Crippen LogP contribution < -0.4 is 5.32 Å². The van der Waals surface area contributed by atoms with Gasteiger partial charge in [0, 0.05) is 18.4 Å². The first kappa shape index (κ1) is 29.6. The molecule has 1 aromatic carbocycles. The van der Waals surface area contributed by atoms with Crippen LogP contribution in [0.1, 0.15) is 67.4 Å². The minimum atomic E-state index is -0.683. The van der Waals surface area contributed by atoms with Gasteiger partial charge in [-0.3, -0.25) is 9.59 Å². The molecule has 0 saturated carbocycles. The Kier molecular flexibility index (Phi) is 12.9. The van der Waals surface area contributed by atoms with E-state index in [0.717, 1.165) is 11.5 Å². The van der Waals surface area contributed by atoms with Crippen molar-refractivity contribution in [2.75, 3.05) is 20.7 Å². The van der Waals surface area contributed by atoms with E-state index in [0.29, 0.717) is 6.42 Å². The number of benzene rings is 1. The number of esters is 1. The maximum Gasteiger partial charge on any atom is 0.328 e. The molecule has 0 aliphatic rings. The van der Waals surface area contributed by atoms with E-state index in [1.165, 1.54) is 12.0 Å². The van der Waals surface area contributed by atoms with Gasteiger partial charge >= 0.3 is 5.97 Å². The Morgan fingerprint density at radius 3 is 1.94 bits per heavy atom. The van der Waals surface area contributed by atoms with E-state index in [1.807, 2.05) is 65.0 Å². The van der Waals surface area contributed by atoms with Gasteiger partial charge in [-0.2, -0.15) is 0 Å². The lowest BCUT2D eigenvalue weighted by Crippen LogP contribution is -2.50. The lowest BCUT2D eigenvalue weighted by Gasteiger charge is -2.34. The van der Waals surface area contributed by atoms with E-state index >= 15 is 0 Å². The van der Waals surface area contributed by atoms with Crippen molar-refractivity contribution in [2.45, 2.75) is 73.3 Å². The van der Waals surface area contributed by atoms with Gasteiger partial charge < -0.3 is 15.0 Å². The lowest BCUT2D eigenvalue weighted by molar-refractivity contribution is -0.153. The quantitative estimate of drug-likeness (QED) is 0.567. The van der Waals surface area contributed by atoms with Crippen LogP contribution in [0.4, 0.5) is 0 Å². The number of rotatable bonds is 9. The summed E-state index contributed by atoms with van der Waals surface area (Å²) in [7, 11) is 2.86. The molecule has 0 spiro atoms. The first-order valence-electron chi connectivity index (χ1n) is 11.5. The Morgan fingerprint density at radius 2 is 1.53 bits per heavy atom. The Bertz CT molecular complexity index is 711. The minimum absolute atomic E-state index is 0.0995. The van der Waals surface area contributed by atoms with Crippen molar-refractivity contribution < 1.29 is 19.1 Å². The molecule has 0 radical (unpaired) electrons. The van der Waals surface area contributed by atoms with Crippen LogP contribution in [0.15, 0.2) is 30.3 Å². The summed E-state index contributed by atoms with van der Waals surface area (Å²) in [5.41, 5.74) is 0.702. The molecule has 0 heterocycles. The molecule has 2 amide bonds. The molecule has 2 atom stereocenters. The Hall–Kier alpha value is -2.37. The molecule has 0 unspecified atom stereocenters. The number of nitrogens with one attached hydrogen (secondary N) is 1. The zero-order valence-electron chi connectivity index (χ0n) is 21.7. The summed E-state index contributed by atoms with van der Waals surface area (Å²) in [4.78, 5) is 38.7. The Morgan fingerprint density at radius 1 is 1.03 bits per heavy atom. The number of methoxy groups -OCH3 is 1. The highest BCUT2D eigenvalue weighted by atomic mass is 16.5. The number of carbonyl (C=O) groups is 3. The third-order valence-corrected chi connectivity index (χ3v) is 5.41. The van der Waals surface area contributed by atoms with Crippen LogP contribution in [0, 0.1) is 17.8 Å². The van der Waals surface area contributed by atoms with Crippen LogP contribution in [0.3, 0.4) is 0 Å². The first-order valence-corrected chi connectivity index (χ1v) is 11.5. The molecule has 1 rings (SSSR count). The van der Waals surface area contributed by atoms with Crippen molar-refractivity contribution in [3.63, 3.8) is 0 Å². The fraction of sp³-hybridized carbons (Fsp3) is 0.654. The number of carbonyl (C=O) groups excluding carboxylic acids is 3. The standard InChI is InChI=1S/C22H34N2O4.C4H10/c1-8-17(22(4,5)16-12-10-9-11-13-16)20(26)23-14-18(25)24(6)19(15(2)3)21(27)28-7;1-4(2)3/h9-13,15,17,19H,8,14H2,1-7H3,(H,23,26);4H,1-3H3/t17-,19+;/m1./s1. The van der Waals surface area contributed by atoms with Gasteiger partial charge in [0.1, 0.15) is 6.04 Å². The zero-order valence-corrected chi connectivity index (χ0v) is 21.7. The van der Waals surface area contributed by atoms with Crippen LogP contribution >= 0.6 is 0 Å². The first-order chi connectivity index (χ1) is 14.8. The number of ether oxygens (including phenoxy) is 1. The van der Waals surface area contributed by atoms with Crippen molar-refractivity contribution in [2.24, 2.45) is 17.8 Å². The van der Waals surface area contributed by atoms with Crippen LogP contribution in [-0.2, 0) is 24.5 Å². The highest BCUT2D eigenvalue weighted by Gasteiger charge is 2.36. The fourth-order valence-corrected chi connectivity index (χ4v) is 3.66. The average Bonchev–Trinajstić information content (AvgIpc) is 2.72. The van der Waals surface area contributed by atoms with E-state index in [9.17, 15) is 14.4 Å². The predicted octanol–water partition coefficient (Wildman–Crippen LogP) is 4.42. The van der Waals surface area contributed by atoms with E-state index < -0.39 is 12.0 Å². The van der Waals surface area contributed by atoms with Crippen LogP contribution in [0.25, 0.3) is 0 Å². The van der Waals surface area contributed by atoms with E-state index in [4.69, 9.17) is 4.74 Å². The van der Waals surface area contributed by atoms with Crippen molar-refractivity contribution in [1.29, 1.82) is 0 Å². The predicted molar refractivity (Wildman–Crippen MR) is 130 cm³/mol. The maximum atomic E-state index is 12.8. The van der Waals surface area contributed by atoms with Crippen LogP contribution in [0.2, 0.25) is 0 Å². The maximum absolute atomic E-state index is 12.8. The molecule has 0 aliphatic carbocycles. The molecule has 0 fully saturated rings. The monoisotopic (exact) mass is 448 g/mol. The molecule has 0 aromatic heterocycles. The molecule has 1 aromatic rings. The van der Waals surface area contributed by atoms with E-state index in [2.05, 4.69) is 26.1 Å². The summed E-state index contributed by atoms with van der Waals surface area (Å²) in [5.74, 6) is -0.511. The van der Waals surface area contributed by atoms with Crippen molar-refractivity contribution >= 4 is 17.8 Å². The van der Waals surface area contributed by atoms with Gasteiger partial charge in [-0.15, -0.1) is 0 Å². The molecule has 182 valence electrons. The highest BCUT2D eigenvalue weighted by molar-refractivity contribution is 5.89. The average molecular weight is 449 g/mol. The van der Waals surface area contributed by atoms with E-state index in [-0.39, 0.29) is 35.6 Å². The van der Waals surface area contributed by atoms with Crippen molar-refractivity contribution in [3.8, 4) is 0 Å². The van der Waals surface area contributed by atoms with Crippen LogP contribution in [-0.4, -0.2) is 49.4 Å². The van der Waals surface area contributed by atoms with E-state index in [1.54, 1.807) is 7.05 Å². The molecule has 0 aliphatic heterocycles. The normalized spacial score (nSPS) is 13.0. The number of amides is 2. The Balaban J connectivity index is 0.00000220. The third-order valence-electron chi connectivity index (χ3n) is 5.41. The highest BCUT2D eigenvalue weighted by Crippen LogP contribution is 2.33. The fourth-order valence-electron chi connectivity index (χ4n) is 3.66. The van der Waals surface area contributed by atoms with Gasteiger partial charge in [-0.25, -0.2) is 4.79 Å². The smallest absolute Gasteiger partial charge is 0.328 e. The lowest BCUT2D eigenvalue weighted by atomic mass is 9.71. The number of hydrogen-bond donors (Lipinski definition) is 1. The zero-order chi connectivity index (χ0) is 25.1. The molecule has 6 heteroatoms. The summed E-state index contributed by atoms with van der Waals surface area (Å²) in [5, 5.41) is 2.76. The van der Waals surface area contributed by atoms with Gasteiger partial charge in [0.25, 0.3) is 0 Å². The summed E-state index contributed by atoms with van der Waals surface area (Å²) in [6.45, 7) is 16.1. The third kappa shape index (κ3) is 9.01. The molecule has 32 heavy (non-hydrogen) atoms. The number of likely N-dealkylation sites (N-methyl/N-ethyl adjacent to an activating group) is 1. The number of hydrogen-bond acceptors (Lipinski definition) is 4. The van der Waals surface area contributed by atoms with Gasteiger partial charge in [0.15, 0.2) is 0 Å². The Labute approximate surface area is 195 Å². The summed E-state index contributed by atoms with van der Waals surface area (Å²) < 4.78 is 4.80. The SMILES string of the molecule is CC(C)C.CC[C@H](C(=O)NCC(=O)N(C)[C@H](C(=O)OC)C(C)C)C(C)(C)c1ccccc1. The second-order valence-corrected chi connectivity index (χ2v) is 9.72. The van der Waals surface area contributed by atoms with Crippen LogP contribution in [0.5, 0.6) is 0 Å². The van der Waals surface area contributed by atoms with Gasteiger partial charge in [0.05, 0.1) is 13.7 Å². The number of nitrogens with zero attached hydrogens (tertiary/aromatic N) is 1. The minimum Gasteiger partial charge on any atom is -0.467 e. The molecular formula is C26H44N2O4. The topological polar surface area (TPSA) is 75.7 Å². The molecular weight excluding hydrogens is 404 g/mol. The molecule has 0 saturated heterocycles. The molecule has 1 N–H and O–H groups in total. The van der Waals surface area contributed by atoms with Crippen molar-refractivity contribution in [1.82, 2.24) is 10.2 Å². The molecule has 0 bridgehead atoms. The van der Waals surface area contributed by atoms with Gasteiger partial charge in [0.2, 0.25) is 11.8 Å². The van der Waals surface area contributed by atoms with Gasteiger partial charge in [-0.1, -0.05) is 85.7 Å². The second-order valence-electron chi connectivity index (χ2n) is 9.72. The van der Waals surface area contributed by atoms with Gasteiger partial charge in [-0.05, 0) is 23.8 Å². The second kappa shape index (κ2) is 13.9. The molecule has 6 nitrogen and oxygen atoms in total.